The van der Waals surface area contributed by atoms with Gasteiger partial charge in [0.25, 0.3) is 5.91 Å². The van der Waals surface area contributed by atoms with Crippen LogP contribution in [0.1, 0.15) is 49.2 Å². The van der Waals surface area contributed by atoms with Gasteiger partial charge in [-0.2, -0.15) is 0 Å². The van der Waals surface area contributed by atoms with Gasteiger partial charge in [-0.05, 0) is 55.4 Å². The summed E-state index contributed by atoms with van der Waals surface area (Å²) in [7, 11) is 0. The van der Waals surface area contributed by atoms with Crippen LogP contribution in [-0.4, -0.2) is 52.8 Å². The summed E-state index contributed by atoms with van der Waals surface area (Å²) in [6.45, 7) is 8.65. The van der Waals surface area contributed by atoms with E-state index in [1.165, 1.54) is 42.0 Å². The molecule has 2 aromatic rings. The van der Waals surface area contributed by atoms with Crippen LogP contribution in [0.3, 0.4) is 0 Å². The molecule has 0 unspecified atom stereocenters. The van der Waals surface area contributed by atoms with Crippen molar-refractivity contribution in [3.8, 4) is 0 Å². The first kappa shape index (κ1) is 22.9. The third-order valence-corrected chi connectivity index (χ3v) is 7.16. The molecule has 1 aromatic heterocycles. The van der Waals surface area contributed by atoms with E-state index >= 15 is 0 Å². The van der Waals surface area contributed by atoms with Gasteiger partial charge in [0.1, 0.15) is 5.82 Å². The lowest BCUT2D eigenvalue weighted by molar-refractivity contribution is -0.121. The fraction of sp³-hybridized carbons (Fsp3) is 0.542. The zero-order chi connectivity index (χ0) is 22.7. The van der Waals surface area contributed by atoms with Crippen LogP contribution in [0.25, 0.3) is 0 Å². The number of halogens is 1. The average molecular weight is 459 g/mol. The highest BCUT2D eigenvalue weighted by Crippen LogP contribution is 2.25. The minimum absolute atomic E-state index is 0.0278. The van der Waals surface area contributed by atoms with Gasteiger partial charge in [0.15, 0.2) is 5.13 Å². The summed E-state index contributed by atoms with van der Waals surface area (Å²) in [6, 6.07) is 5.59. The Balaban J connectivity index is 1.25. The molecule has 8 heteroatoms. The summed E-state index contributed by atoms with van der Waals surface area (Å²) >= 11 is 1.47. The highest BCUT2D eigenvalue weighted by Gasteiger charge is 2.28. The van der Waals surface area contributed by atoms with E-state index < -0.39 is 0 Å². The normalized spacial score (nSPS) is 22.7. The molecule has 6 nitrogen and oxygen atoms in total. The summed E-state index contributed by atoms with van der Waals surface area (Å²) in [4.78, 5) is 34.1. The van der Waals surface area contributed by atoms with Crippen molar-refractivity contribution in [3.05, 3.63) is 46.7 Å². The maximum atomic E-state index is 13.1. The van der Waals surface area contributed by atoms with Crippen molar-refractivity contribution < 1.29 is 14.0 Å². The second-order valence-corrected chi connectivity index (χ2v) is 10.2. The van der Waals surface area contributed by atoms with Crippen LogP contribution in [0.5, 0.6) is 0 Å². The smallest absolute Gasteiger partial charge is 0.253 e. The van der Waals surface area contributed by atoms with Crippen LogP contribution in [0.15, 0.2) is 29.6 Å². The molecule has 2 atom stereocenters. The van der Waals surface area contributed by atoms with Crippen molar-refractivity contribution in [1.29, 1.82) is 0 Å². The minimum Gasteiger partial charge on any atom is -0.339 e. The first-order chi connectivity index (χ1) is 15.4. The zero-order valence-electron chi connectivity index (χ0n) is 18.7. The minimum atomic E-state index is -0.359. The number of thiazole rings is 1. The summed E-state index contributed by atoms with van der Waals surface area (Å²) in [5.41, 5.74) is 1.48. The fourth-order valence-electron chi connectivity index (χ4n) is 4.91. The zero-order valence-corrected chi connectivity index (χ0v) is 19.5. The van der Waals surface area contributed by atoms with Crippen LogP contribution in [0, 0.1) is 23.6 Å². The van der Waals surface area contributed by atoms with E-state index in [4.69, 9.17) is 0 Å². The number of nitrogens with zero attached hydrogens (tertiary/aromatic N) is 3. The highest BCUT2D eigenvalue weighted by atomic mass is 32.1. The second kappa shape index (κ2) is 10.1. The van der Waals surface area contributed by atoms with E-state index in [0.29, 0.717) is 48.5 Å². The van der Waals surface area contributed by atoms with E-state index in [0.717, 1.165) is 25.3 Å². The van der Waals surface area contributed by atoms with Crippen LogP contribution in [-0.2, 0) is 11.3 Å². The maximum absolute atomic E-state index is 13.1. The van der Waals surface area contributed by atoms with Crippen LogP contribution < -0.4 is 5.32 Å². The summed E-state index contributed by atoms with van der Waals surface area (Å²) in [5.74, 6) is 0.773. The largest absolute Gasteiger partial charge is 0.339 e. The number of nitrogens with one attached hydrogen (secondary N) is 1. The van der Waals surface area contributed by atoms with Gasteiger partial charge in [-0.25, -0.2) is 9.37 Å². The molecule has 2 saturated heterocycles. The van der Waals surface area contributed by atoms with Crippen molar-refractivity contribution in [3.63, 3.8) is 0 Å². The topological polar surface area (TPSA) is 65.5 Å². The molecule has 172 valence electrons. The Labute approximate surface area is 192 Å². The van der Waals surface area contributed by atoms with Crippen molar-refractivity contribution in [2.75, 3.05) is 31.5 Å². The average Bonchev–Trinajstić information content (AvgIpc) is 3.19. The number of hydrogen-bond acceptors (Lipinski definition) is 5. The Morgan fingerprint density at radius 3 is 2.44 bits per heavy atom. The van der Waals surface area contributed by atoms with Crippen LogP contribution in [0.4, 0.5) is 9.52 Å². The number of carbonyl (C=O) groups excluding carboxylic acids is 2. The van der Waals surface area contributed by atoms with Gasteiger partial charge in [0.2, 0.25) is 5.91 Å². The molecular weight excluding hydrogens is 427 g/mol. The highest BCUT2D eigenvalue weighted by molar-refractivity contribution is 7.13. The molecule has 0 saturated carbocycles. The van der Waals surface area contributed by atoms with Gasteiger partial charge in [0, 0.05) is 49.6 Å². The number of carbonyl (C=O) groups is 2. The molecule has 1 N–H and O–H groups in total. The fourth-order valence-corrected chi connectivity index (χ4v) is 5.62. The molecule has 3 heterocycles. The van der Waals surface area contributed by atoms with E-state index in [1.807, 2.05) is 5.38 Å². The quantitative estimate of drug-likeness (QED) is 0.728. The summed E-state index contributed by atoms with van der Waals surface area (Å²) in [5, 5.41) is 5.65. The predicted molar refractivity (Wildman–Crippen MR) is 124 cm³/mol. The first-order valence-corrected chi connectivity index (χ1v) is 12.3. The number of piperidine rings is 2. The van der Waals surface area contributed by atoms with E-state index in [9.17, 15) is 14.0 Å². The number of amides is 2. The lowest BCUT2D eigenvalue weighted by atomic mass is 9.92. The molecule has 2 aliphatic heterocycles. The van der Waals surface area contributed by atoms with Crippen LogP contribution in [0.2, 0.25) is 0 Å². The van der Waals surface area contributed by atoms with Crippen molar-refractivity contribution in [2.24, 2.45) is 17.8 Å². The standard InChI is InChI=1S/C24H31FN4O2S/c1-16-11-17(2)13-28(12-16)14-21-15-32-24(26-21)27-22(30)18-7-9-29(10-8-18)23(31)19-3-5-20(25)6-4-19/h3-6,15-18H,7-14H2,1-2H3,(H,26,27,30)/t16-,17-/m1/s1. The molecule has 0 bridgehead atoms. The molecule has 1 aromatic carbocycles. The van der Waals surface area contributed by atoms with Gasteiger partial charge in [0.05, 0.1) is 5.69 Å². The Bertz CT molecular complexity index is 930. The number of benzene rings is 1. The number of hydrogen-bond donors (Lipinski definition) is 1. The van der Waals surface area contributed by atoms with Crippen LogP contribution >= 0.6 is 11.3 Å². The monoisotopic (exact) mass is 458 g/mol. The summed E-state index contributed by atoms with van der Waals surface area (Å²) in [6.07, 6.45) is 2.50. The molecular formula is C24H31FN4O2S. The van der Waals surface area contributed by atoms with E-state index in [2.05, 4.69) is 29.0 Å². The number of likely N-dealkylation sites (tertiary alicyclic amines) is 2. The van der Waals surface area contributed by atoms with Gasteiger partial charge < -0.3 is 10.2 Å². The van der Waals surface area contributed by atoms with Gasteiger partial charge >= 0.3 is 0 Å². The molecule has 32 heavy (non-hydrogen) atoms. The van der Waals surface area contributed by atoms with Gasteiger partial charge in [-0.3, -0.25) is 14.5 Å². The van der Waals surface area contributed by atoms with Crippen molar-refractivity contribution in [2.45, 2.75) is 39.7 Å². The molecule has 0 radical (unpaired) electrons. The lowest BCUT2D eigenvalue weighted by Crippen LogP contribution is -2.41. The number of anilines is 1. The molecule has 4 rings (SSSR count). The Morgan fingerprint density at radius 2 is 1.78 bits per heavy atom. The third kappa shape index (κ3) is 5.72. The molecule has 2 amide bonds. The number of aromatic nitrogens is 1. The summed E-state index contributed by atoms with van der Waals surface area (Å²) < 4.78 is 13.1. The SMILES string of the molecule is C[C@@H]1C[C@@H](C)CN(Cc2csc(NC(=O)C3CCN(C(=O)c4ccc(F)cc4)CC3)n2)C1. The predicted octanol–water partition coefficient (Wildman–Crippen LogP) is 4.25. The molecule has 0 aliphatic carbocycles. The first-order valence-electron chi connectivity index (χ1n) is 11.4. The molecule has 2 aliphatic rings. The van der Waals surface area contributed by atoms with Crippen molar-refractivity contribution >= 4 is 28.3 Å². The number of rotatable bonds is 5. The van der Waals surface area contributed by atoms with E-state index in [1.54, 1.807) is 4.90 Å². The molecule has 2 fully saturated rings. The Hall–Kier alpha value is -2.32. The Morgan fingerprint density at radius 1 is 1.12 bits per heavy atom. The third-order valence-electron chi connectivity index (χ3n) is 6.36. The van der Waals surface area contributed by atoms with E-state index in [-0.39, 0.29) is 23.5 Å². The van der Waals surface area contributed by atoms with Gasteiger partial charge in [-0.1, -0.05) is 13.8 Å². The van der Waals surface area contributed by atoms with Crippen molar-refractivity contribution in [1.82, 2.24) is 14.8 Å². The van der Waals surface area contributed by atoms with Gasteiger partial charge in [-0.15, -0.1) is 11.3 Å². The lowest BCUT2D eigenvalue weighted by Gasteiger charge is -2.34. The Kier molecular flexibility index (Phi) is 7.20. The molecule has 0 spiro atoms. The maximum Gasteiger partial charge on any atom is 0.253 e. The second-order valence-electron chi connectivity index (χ2n) is 9.35.